The summed E-state index contributed by atoms with van der Waals surface area (Å²) < 4.78 is 0. The van der Waals surface area contributed by atoms with Crippen molar-refractivity contribution in [3.63, 3.8) is 0 Å². The molecule has 4 nitrogen and oxygen atoms in total. The lowest BCUT2D eigenvalue weighted by Crippen LogP contribution is -2.10. The van der Waals surface area contributed by atoms with Gasteiger partial charge in [0.1, 0.15) is 0 Å². The van der Waals surface area contributed by atoms with E-state index >= 15 is 0 Å². The molecule has 0 aliphatic heterocycles. The van der Waals surface area contributed by atoms with Gasteiger partial charge in [-0.1, -0.05) is 133 Å². The zero-order valence-corrected chi connectivity index (χ0v) is 34.0. The number of hydrogen-bond acceptors (Lipinski definition) is 4. The Hall–Kier alpha value is -8.34. The van der Waals surface area contributed by atoms with Crippen LogP contribution >= 0.6 is 0 Å². The topological polar surface area (TPSA) is 30.5 Å². The first-order valence-electron chi connectivity index (χ1n) is 21.1. The maximum Gasteiger partial charge on any atom is 0.0546 e. The van der Waals surface area contributed by atoms with E-state index < -0.39 is 0 Å². The van der Waals surface area contributed by atoms with Gasteiger partial charge in [0, 0.05) is 56.3 Å². The third-order valence-corrected chi connectivity index (χ3v) is 11.7. The SMILES string of the molecule is c1ccc(N(c2ccc(Nc3ccc(Nc4ccc(N(c5ccccc5)c5cc6ccccc6c6ccccc56)cc4)cc3)cc2)c2cc3ccccc3c3ccccc23)cc1. The summed E-state index contributed by atoms with van der Waals surface area (Å²) in [6, 6.07) is 86.4. The second-order valence-corrected chi connectivity index (χ2v) is 15.6. The molecule has 4 heteroatoms. The Kier molecular flexibility index (Phi) is 9.49. The smallest absolute Gasteiger partial charge is 0.0546 e. The predicted octanol–water partition coefficient (Wildman–Crippen LogP) is 16.7. The van der Waals surface area contributed by atoms with Crippen LogP contribution in [0.2, 0.25) is 0 Å². The van der Waals surface area contributed by atoms with Crippen LogP contribution < -0.4 is 20.4 Å². The van der Waals surface area contributed by atoms with Gasteiger partial charge in [0.15, 0.2) is 0 Å². The summed E-state index contributed by atoms with van der Waals surface area (Å²) in [6.45, 7) is 0. The normalized spacial score (nSPS) is 11.2. The summed E-state index contributed by atoms with van der Waals surface area (Å²) in [5, 5.41) is 17.1. The van der Waals surface area contributed by atoms with Crippen LogP contribution in [0.3, 0.4) is 0 Å². The highest BCUT2D eigenvalue weighted by Crippen LogP contribution is 2.44. The van der Waals surface area contributed by atoms with E-state index in [1.807, 2.05) is 0 Å². The molecule has 0 amide bonds. The number of para-hydroxylation sites is 2. The van der Waals surface area contributed by atoms with E-state index in [-0.39, 0.29) is 0 Å². The predicted molar refractivity (Wildman–Crippen MR) is 265 cm³/mol. The highest BCUT2D eigenvalue weighted by atomic mass is 15.1. The summed E-state index contributed by atoms with van der Waals surface area (Å²) in [7, 11) is 0. The Bertz CT molecular complexity index is 3100. The van der Waals surface area contributed by atoms with Crippen molar-refractivity contribution in [1.82, 2.24) is 0 Å². The van der Waals surface area contributed by atoms with E-state index in [9.17, 15) is 0 Å². The number of fused-ring (bicyclic) bond motifs is 6. The van der Waals surface area contributed by atoms with E-state index in [4.69, 9.17) is 0 Å². The van der Waals surface area contributed by atoms with Crippen molar-refractivity contribution in [3.05, 3.63) is 243 Å². The quantitative estimate of drug-likeness (QED) is 0.135. The van der Waals surface area contributed by atoms with Crippen molar-refractivity contribution >= 4 is 100.0 Å². The minimum Gasteiger partial charge on any atom is -0.356 e. The molecule has 0 unspecified atom stereocenters. The van der Waals surface area contributed by atoms with Gasteiger partial charge in [0.25, 0.3) is 0 Å². The molecule has 11 aromatic rings. The molecule has 0 heterocycles. The van der Waals surface area contributed by atoms with Crippen molar-refractivity contribution in [2.75, 3.05) is 20.4 Å². The monoisotopic (exact) mass is 794 g/mol. The number of anilines is 10. The number of rotatable bonds is 10. The molecule has 0 aliphatic rings. The van der Waals surface area contributed by atoms with Crippen LogP contribution in [0.15, 0.2) is 243 Å². The van der Waals surface area contributed by atoms with Crippen LogP contribution in [-0.2, 0) is 0 Å². The Balaban J connectivity index is 0.835. The van der Waals surface area contributed by atoms with E-state index in [0.29, 0.717) is 0 Å². The zero-order chi connectivity index (χ0) is 41.2. The van der Waals surface area contributed by atoms with Gasteiger partial charge in [-0.2, -0.15) is 0 Å². The third-order valence-electron chi connectivity index (χ3n) is 11.7. The first-order valence-corrected chi connectivity index (χ1v) is 21.1. The molecular formula is C58H42N4. The van der Waals surface area contributed by atoms with E-state index in [0.717, 1.165) is 56.9 Å². The van der Waals surface area contributed by atoms with Crippen molar-refractivity contribution < 1.29 is 0 Å². The number of nitrogens with zero attached hydrogens (tertiary/aromatic N) is 2. The lowest BCUT2D eigenvalue weighted by molar-refractivity contribution is 1.30. The first-order chi connectivity index (χ1) is 30.7. The van der Waals surface area contributed by atoms with Gasteiger partial charge >= 0.3 is 0 Å². The number of nitrogens with one attached hydrogen (secondary N) is 2. The molecule has 62 heavy (non-hydrogen) atoms. The highest BCUT2D eigenvalue weighted by molar-refractivity contribution is 6.15. The van der Waals surface area contributed by atoms with E-state index in [2.05, 4.69) is 263 Å². The minimum atomic E-state index is 1.01. The van der Waals surface area contributed by atoms with Crippen LogP contribution in [0.4, 0.5) is 56.9 Å². The summed E-state index contributed by atoms with van der Waals surface area (Å²) >= 11 is 0. The van der Waals surface area contributed by atoms with Crippen LogP contribution in [-0.4, -0.2) is 0 Å². The molecule has 0 aliphatic carbocycles. The Morgan fingerprint density at radius 2 is 0.500 bits per heavy atom. The van der Waals surface area contributed by atoms with Gasteiger partial charge in [0.2, 0.25) is 0 Å². The van der Waals surface area contributed by atoms with Crippen LogP contribution in [0, 0.1) is 0 Å². The van der Waals surface area contributed by atoms with E-state index in [1.165, 1.54) is 43.1 Å². The summed E-state index contributed by atoms with van der Waals surface area (Å²) in [4.78, 5) is 4.71. The molecule has 294 valence electrons. The Labute approximate surface area is 361 Å². The number of hydrogen-bond donors (Lipinski definition) is 2. The first kappa shape index (κ1) is 36.7. The fourth-order valence-electron chi connectivity index (χ4n) is 8.81. The lowest BCUT2D eigenvalue weighted by Gasteiger charge is -2.27. The largest absolute Gasteiger partial charge is 0.356 e. The molecule has 0 atom stereocenters. The molecular weight excluding hydrogens is 753 g/mol. The van der Waals surface area contributed by atoms with E-state index in [1.54, 1.807) is 0 Å². The maximum absolute atomic E-state index is 3.62. The van der Waals surface area contributed by atoms with Gasteiger partial charge in [-0.05, 0) is 142 Å². The molecule has 0 saturated carbocycles. The zero-order valence-electron chi connectivity index (χ0n) is 34.0. The van der Waals surface area contributed by atoms with Crippen LogP contribution in [0.5, 0.6) is 0 Å². The Morgan fingerprint density at radius 1 is 0.226 bits per heavy atom. The summed E-state index contributed by atoms with van der Waals surface area (Å²) in [5.74, 6) is 0. The van der Waals surface area contributed by atoms with Gasteiger partial charge in [0.05, 0.1) is 11.4 Å². The molecule has 11 aromatic carbocycles. The standard InChI is InChI=1S/C58H42N4/c1-3-17-47(18-4-1)61(57-39-41-15-7-9-21-51(41)53-23-11-13-25-55(53)57)49-35-31-45(32-36-49)59-43-27-29-44(30-28-43)60-46-33-37-50(38-34-46)62(48-19-5-2-6-20-48)58-40-42-16-8-10-22-52(42)54-24-12-14-26-56(54)58/h1-40,59-60H. The van der Waals surface area contributed by atoms with Crippen LogP contribution in [0.1, 0.15) is 0 Å². The fraction of sp³-hybridized carbons (Fsp3) is 0. The lowest BCUT2D eigenvalue weighted by atomic mass is 9.99. The minimum absolute atomic E-state index is 1.01. The molecule has 0 radical (unpaired) electrons. The average molecular weight is 795 g/mol. The second-order valence-electron chi connectivity index (χ2n) is 15.6. The number of benzene rings is 11. The van der Waals surface area contributed by atoms with Crippen LogP contribution in [0.25, 0.3) is 43.1 Å². The van der Waals surface area contributed by atoms with Crippen molar-refractivity contribution in [2.24, 2.45) is 0 Å². The maximum atomic E-state index is 3.62. The second kappa shape index (κ2) is 16.0. The van der Waals surface area contributed by atoms with Crippen molar-refractivity contribution in [1.29, 1.82) is 0 Å². The molecule has 0 saturated heterocycles. The van der Waals surface area contributed by atoms with Crippen molar-refractivity contribution in [2.45, 2.75) is 0 Å². The summed E-state index contributed by atoms with van der Waals surface area (Å²) in [6.07, 6.45) is 0. The van der Waals surface area contributed by atoms with Gasteiger partial charge in [-0.15, -0.1) is 0 Å². The molecule has 0 spiro atoms. The molecule has 11 rings (SSSR count). The molecule has 0 aromatic heterocycles. The van der Waals surface area contributed by atoms with Gasteiger partial charge in [-0.25, -0.2) is 0 Å². The summed E-state index contributed by atoms with van der Waals surface area (Å²) in [5.41, 5.74) is 10.8. The molecule has 0 fully saturated rings. The van der Waals surface area contributed by atoms with Crippen molar-refractivity contribution in [3.8, 4) is 0 Å². The molecule has 0 bridgehead atoms. The average Bonchev–Trinajstić information content (AvgIpc) is 3.34. The third kappa shape index (κ3) is 7.00. The van der Waals surface area contributed by atoms with Gasteiger partial charge in [-0.3, -0.25) is 0 Å². The highest BCUT2D eigenvalue weighted by Gasteiger charge is 2.19. The Morgan fingerprint density at radius 3 is 0.871 bits per heavy atom. The fourth-order valence-corrected chi connectivity index (χ4v) is 8.81. The van der Waals surface area contributed by atoms with Gasteiger partial charge < -0.3 is 20.4 Å². The molecule has 2 N–H and O–H groups in total.